The number of fused-ring (bicyclic) bond motifs is 1. The van der Waals surface area contributed by atoms with E-state index in [1.165, 1.54) is 16.8 Å². The van der Waals surface area contributed by atoms with Crippen LogP contribution in [0, 0.1) is 9.39 Å². The summed E-state index contributed by atoms with van der Waals surface area (Å²) in [6, 6.07) is 15.3. The number of hydrogen-bond acceptors (Lipinski definition) is 5. The summed E-state index contributed by atoms with van der Waals surface area (Å²) in [5.74, 6) is 1.44. The summed E-state index contributed by atoms with van der Waals surface area (Å²) in [5, 5.41) is 5.02. The Labute approximate surface area is 230 Å². The number of nitrogens with zero attached hydrogens (tertiary/aromatic N) is 3. The number of hydrogen-bond donors (Lipinski definition) is 0. The number of benzene rings is 3. The normalized spacial score (nSPS) is 11.4. The Kier molecular flexibility index (Phi) is 8.73. The molecule has 0 saturated heterocycles. The third-order valence-corrected chi connectivity index (χ3v) is 6.79. The highest BCUT2D eigenvalue weighted by molar-refractivity contribution is 14.1. The van der Waals surface area contributed by atoms with Gasteiger partial charge >= 0.3 is 0 Å². The van der Waals surface area contributed by atoms with Crippen LogP contribution in [0.3, 0.4) is 0 Å². The molecule has 36 heavy (non-hydrogen) atoms. The largest absolute Gasteiger partial charge is 0.493 e. The zero-order chi connectivity index (χ0) is 25.7. The average molecular weight is 664 g/mol. The summed E-state index contributed by atoms with van der Waals surface area (Å²) < 4.78 is 27.7. The Bertz CT molecular complexity index is 1470. The third-order valence-electron chi connectivity index (χ3n) is 5.50. The van der Waals surface area contributed by atoms with Crippen LogP contribution in [0.4, 0.5) is 4.39 Å². The van der Waals surface area contributed by atoms with Crippen LogP contribution in [-0.2, 0) is 13.0 Å². The quantitative estimate of drug-likeness (QED) is 0.147. The van der Waals surface area contributed by atoms with E-state index in [2.05, 4.69) is 50.5 Å². The lowest BCUT2D eigenvalue weighted by atomic mass is 10.2. The van der Waals surface area contributed by atoms with Crippen molar-refractivity contribution in [2.45, 2.75) is 32.8 Å². The first kappa shape index (κ1) is 26.3. The summed E-state index contributed by atoms with van der Waals surface area (Å²) in [7, 11) is 1.57. The van der Waals surface area contributed by atoms with Crippen molar-refractivity contribution in [2.75, 3.05) is 7.11 Å². The van der Waals surface area contributed by atoms with Crippen molar-refractivity contribution in [1.29, 1.82) is 0 Å². The molecule has 0 aliphatic carbocycles. The molecule has 1 aromatic heterocycles. The predicted molar refractivity (Wildman–Crippen MR) is 152 cm³/mol. The van der Waals surface area contributed by atoms with Gasteiger partial charge in [-0.1, -0.05) is 41.4 Å². The van der Waals surface area contributed by atoms with Gasteiger partial charge in [0.1, 0.15) is 18.2 Å². The maximum absolute atomic E-state index is 13.3. The predicted octanol–water partition coefficient (Wildman–Crippen LogP) is 6.72. The number of rotatable bonds is 9. The second-order valence-electron chi connectivity index (χ2n) is 8.10. The topological polar surface area (TPSA) is 65.7 Å². The van der Waals surface area contributed by atoms with Gasteiger partial charge in [-0.2, -0.15) is 9.78 Å². The van der Waals surface area contributed by atoms with Crippen LogP contribution in [0.2, 0.25) is 0 Å². The number of aryl methyl sites for hydroxylation is 1. The van der Waals surface area contributed by atoms with E-state index in [1.807, 2.05) is 18.2 Å². The summed E-state index contributed by atoms with van der Waals surface area (Å²) in [6.07, 6.45) is 4.14. The molecule has 186 valence electrons. The molecule has 0 N–H and O–H groups in total. The van der Waals surface area contributed by atoms with Gasteiger partial charge in [0.2, 0.25) is 0 Å². The van der Waals surface area contributed by atoms with Crippen molar-refractivity contribution in [3.05, 3.63) is 95.8 Å². The summed E-state index contributed by atoms with van der Waals surface area (Å²) in [6.45, 7) is 2.37. The zero-order valence-corrected chi connectivity index (χ0v) is 23.5. The molecule has 0 spiro atoms. The van der Waals surface area contributed by atoms with E-state index >= 15 is 0 Å². The van der Waals surface area contributed by atoms with Gasteiger partial charge in [-0.05, 0) is 82.6 Å². The van der Waals surface area contributed by atoms with Crippen LogP contribution < -0.4 is 15.0 Å². The number of unbranched alkanes of at least 4 members (excludes halogenated alkanes) is 1. The van der Waals surface area contributed by atoms with Gasteiger partial charge < -0.3 is 9.47 Å². The minimum Gasteiger partial charge on any atom is -0.493 e. The zero-order valence-electron chi connectivity index (χ0n) is 19.8. The maximum Gasteiger partial charge on any atom is 0.282 e. The monoisotopic (exact) mass is 663 g/mol. The molecule has 0 aliphatic rings. The number of aromatic nitrogens is 2. The fraction of sp³-hybridized carbons (Fsp3) is 0.222. The van der Waals surface area contributed by atoms with E-state index in [-0.39, 0.29) is 18.0 Å². The van der Waals surface area contributed by atoms with Crippen LogP contribution in [-0.4, -0.2) is 23.0 Å². The van der Waals surface area contributed by atoms with Gasteiger partial charge in [-0.3, -0.25) is 4.79 Å². The number of methoxy groups -OCH3 is 1. The minimum atomic E-state index is -0.291. The molecule has 0 bridgehead atoms. The fourth-order valence-corrected chi connectivity index (χ4v) is 4.77. The van der Waals surface area contributed by atoms with Gasteiger partial charge in [0, 0.05) is 10.9 Å². The highest BCUT2D eigenvalue weighted by Crippen LogP contribution is 2.34. The Morgan fingerprint density at radius 2 is 1.94 bits per heavy atom. The average Bonchev–Trinajstić information content (AvgIpc) is 2.87. The number of ether oxygens (including phenoxy) is 2. The molecule has 1 heterocycles. The van der Waals surface area contributed by atoms with E-state index in [9.17, 15) is 9.18 Å². The van der Waals surface area contributed by atoms with Gasteiger partial charge in [0.05, 0.1) is 27.8 Å². The smallest absolute Gasteiger partial charge is 0.282 e. The first-order valence-corrected chi connectivity index (χ1v) is 13.3. The highest BCUT2D eigenvalue weighted by atomic mass is 127. The Hall–Kier alpha value is -2.79. The standard InChI is InChI=1S/C27H24BrFIN3O3/c1-3-4-5-25-32-23-11-8-19(28)14-21(23)27(34)33(25)31-15-18-12-22(30)26(24(13-18)35-2)36-16-17-6-9-20(29)10-7-17/h6-15H,3-5,16H2,1-2H3. The van der Waals surface area contributed by atoms with E-state index in [1.54, 1.807) is 37.6 Å². The molecule has 0 fully saturated rings. The van der Waals surface area contributed by atoms with Gasteiger partial charge in [-0.15, -0.1) is 0 Å². The molecule has 0 amide bonds. The molecular weight excluding hydrogens is 640 g/mol. The van der Waals surface area contributed by atoms with E-state index in [0.29, 0.717) is 34.6 Å². The van der Waals surface area contributed by atoms with Crippen LogP contribution in [0.5, 0.6) is 11.5 Å². The summed E-state index contributed by atoms with van der Waals surface area (Å²) in [5.41, 5.74) is 2.02. The van der Waals surface area contributed by atoms with Crippen molar-refractivity contribution >= 4 is 55.6 Å². The van der Waals surface area contributed by atoms with Crippen LogP contribution in [0.15, 0.2) is 69.0 Å². The van der Waals surface area contributed by atoms with Crippen molar-refractivity contribution in [2.24, 2.45) is 5.10 Å². The third kappa shape index (κ3) is 6.12. The molecule has 3 aromatic carbocycles. The lowest BCUT2D eigenvalue weighted by Gasteiger charge is -2.14. The van der Waals surface area contributed by atoms with E-state index in [4.69, 9.17) is 14.5 Å². The molecule has 6 nitrogen and oxygen atoms in total. The lowest BCUT2D eigenvalue weighted by Crippen LogP contribution is -2.22. The van der Waals surface area contributed by atoms with E-state index in [0.717, 1.165) is 32.0 Å². The Balaban J connectivity index is 1.66. The van der Waals surface area contributed by atoms with Crippen molar-refractivity contribution in [3.63, 3.8) is 0 Å². The highest BCUT2D eigenvalue weighted by Gasteiger charge is 2.13. The molecule has 0 atom stereocenters. The van der Waals surface area contributed by atoms with Crippen LogP contribution in [0.1, 0.15) is 36.7 Å². The fourth-order valence-electron chi connectivity index (χ4n) is 3.63. The molecular formula is C27H24BrFIN3O3. The van der Waals surface area contributed by atoms with E-state index < -0.39 is 0 Å². The van der Waals surface area contributed by atoms with Gasteiger partial charge in [0.25, 0.3) is 5.56 Å². The van der Waals surface area contributed by atoms with Gasteiger partial charge in [0.15, 0.2) is 11.5 Å². The van der Waals surface area contributed by atoms with Crippen LogP contribution >= 0.6 is 38.5 Å². The summed E-state index contributed by atoms with van der Waals surface area (Å²) >= 11 is 5.60. The summed E-state index contributed by atoms with van der Waals surface area (Å²) in [4.78, 5) is 18.0. The Morgan fingerprint density at radius 1 is 1.17 bits per heavy atom. The molecule has 9 heteroatoms. The van der Waals surface area contributed by atoms with Crippen molar-refractivity contribution in [1.82, 2.24) is 9.66 Å². The molecule has 0 unspecified atom stereocenters. The first-order valence-electron chi connectivity index (χ1n) is 11.4. The maximum atomic E-state index is 13.3. The Morgan fingerprint density at radius 3 is 2.67 bits per heavy atom. The second-order valence-corrected chi connectivity index (χ2v) is 10.2. The molecule has 4 aromatic rings. The number of halogens is 3. The van der Waals surface area contributed by atoms with Gasteiger partial charge in [-0.25, -0.2) is 9.37 Å². The van der Waals surface area contributed by atoms with Crippen molar-refractivity contribution in [3.8, 4) is 11.5 Å². The van der Waals surface area contributed by atoms with Crippen molar-refractivity contribution < 1.29 is 13.9 Å². The molecule has 0 saturated carbocycles. The van der Waals surface area contributed by atoms with Crippen LogP contribution in [0.25, 0.3) is 10.9 Å². The lowest BCUT2D eigenvalue weighted by molar-refractivity contribution is 0.282. The molecule has 0 radical (unpaired) electrons. The minimum absolute atomic E-state index is 0.218. The molecule has 4 rings (SSSR count). The first-order chi connectivity index (χ1) is 17.4. The second kappa shape index (κ2) is 12.0. The molecule has 0 aliphatic heterocycles. The SMILES string of the molecule is CCCCc1nc2ccc(Br)cc2c(=O)n1N=Cc1cc(I)c(OCc2ccc(F)cc2)c(OC)c1.